The molecule has 5 nitrogen and oxygen atoms in total. The Bertz CT molecular complexity index is 1230. The molecule has 0 aliphatic carbocycles. The van der Waals surface area contributed by atoms with Crippen LogP contribution in [0.3, 0.4) is 0 Å². The van der Waals surface area contributed by atoms with Gasteiger partial charge in [0.2, 0.25) is 0 Å². The van der Waals surface area contributed by atoms with E-state index in [-0.39, 0.29) is 11.9 Å². The van der Waals surface area contributed by atoms with Gasteiger partial charge in [0.25, 0.3) is 0 Å². The van der Waals surface area contributed by atoms with Gasteiger partial charge < -0.3 is 4.98 Å². The number of benzene rings is 2. The number of aryl methyl sites for hydroxylation is 2. The summed E-state index contributed by atoms with van der Waals surface area (Å²) in [6.45, 7) is 5.97. The number of fused-ring (bicyclic) bond motifs is 1. The molecule has 0 bridgehead atoms. The van der Waals surface area contributed by atoms with Gasteiger partial charge in [-0.15, -0.1) is 0 Å². The number of aromatic amines is 1. The minimum absolute atomic E-state index is 0.0975. The van der Waals surface area contributed by atoms with Gasteiger partial charge in [-0.1, -0.05) is 36.4 Å². The summed E-state index contributed by atoms with van der Waals surface area (Å²) in [5.74, 6) is 0.426. The van der Waals surface area contributed by atoms with Gasteiger partial charge in [0.15, 0.2) is 0 Å². The van der Waals surface area contributed by atoms with Crippen molar-refractivity contribution in [1.82, 2.24) is 24.6 Å². The average Bonchev–Trinajstić information content (AvgIpc) is 3.40. The molecule has 1 atom stereocenters. The van der Waals surface area contributed by atoms with Gasteiger partial charge in [-0.2, -0.15) is 5.10 Å². The van der Waals surface area contributed by atoms with Crippen LogP contribution >= 0.6 is 0 Å². The molecule has 0 amide bonds. The summed E-state index contributed by atoms with van der Waals surface area (Å²) < 4.78 is 16.5. The number of likely N-dealkylation sites (N-methyl/N-ethyl adjacent to an activating group) is 1. The summed E-state index contributed by atoms with van der Waals surface area (Å²) in [6, 6.07) is 18.3. The fourth-order valence-corrected chi connectivity index (χ4v) is 5.72. The van der Waals surface area contributed by atoms with E-state index in [1.54, 1.807) is 12.1 Å². The van der Waals surface area contributed by atoms with Gasteiger partial charge in [-0.25, -0.2) is 4.39 Å². The lowest BCUT2D eigenvalue weighted by Crippen LogP contribution is -2.45. The molecular formula is C29H36FN5. The second-order valence-electron chi connectivity index (χ2n) is 10.2. The first kappa shape index (κ1) is 23.8. The largest absolute Gasteiger partial charge is 0.357 e. The van der Waals surface area contributed by atoms with Gasteiger partial charge in [0.05, 0.1) is 5.69 Å². The van der Waals surface area contributed by atoms with Crippen molar-refractivity contribution in [2.24, 2.45) is 13.0 Å². The van der Waals surface area contributed by atoms with E-state index >= 15 is 0 Å². The lowest BCUT2D eigenvalue weighted by atomic mass is 9.84. The molecular weight excluding hydrogens is 437 g/mol. The Kier molecular flexibility index (Phi) is 7.02. The number of nitrogens with zero attached hydrogens (tertiary/aromatic N) is 4. The summed E-state index contributed by atoms with van der Waals surface area (Å²) in [6.07, 6.45) is 5.08. The second kappa shape index (κ2) is 10.3. The third-order valence-corrected chi connectivity index (χ3v) is 7.64. The molecule has 4 aromatic rings. The highest BCUT2D eigenvalue weighted by molar-refractivity contribution is 5.80. The van der Waals surface area contributed by atoms with Crippen LogP contribution in [0.4, 0.5) is 4.39 Å². The van der Waals surface area contributed by atoms with E-state index in [4.69, 9.17) is 0 Å². The standard InChI is InChI=1S/C29H36FN5/c1-21-25(19-34(3)32-21)18-33(2)29(17-23-8-4-6-10-27(23)30)22-12-14-35(15-13-22)20-26-16-24-9-5-7-11-28(24)31-26/h4-11,16,19,22,29,31H,12-15,17-18,20H2,1-3H3/t29-/m1/s1. The van der Waals surface area contributed by atoms with Crippen molar-refractivity contribution >= 4 is 10.9 Å². The first-order valence-corrected chi connectivity index (χ1v) is 12.7. The third-order valence-electron chi connectivity index (χ3n) is 7.64. The SMILES string of the molecule is Cc1nn(C)cc1CN(C)[C@H](Cc1ccccc1F)C1CCN(Cc2cc3ccccc3[nH]2)CC1. The van der Waals surface area contributed by atoms with E-state index < -0.39 is 0 Å². The zero-order chi connectivity index (χ0) is 24.4. The first-order valence-electron chi connectivity index (χ1n) is 12.7. The molecule has 35 heavy (non-hydrogen) atoms. The smallest absolute Gasteiger partial charge is 0.126 e. The van der Waals surface area contributed by atoms with E-state index in [0.29, 0.717) is 5.92 Å². The maximum atomic E-state index is 14.6. The van der Waals surface area contributed by atoms with Crippen molar-refractivity contribution in [3.05, 3.63) is 89.1 Å². The molecule has 0 radical (unpaired) electrons. The number of rotatable bonds is 8. The van der Waals surface area contributed by atoms with Crippen LogP contribution in [-0.4, -0.2) is 50.7 Å². The van der Waals surface area contributed by atoms with Crippen molar-refractivity contribution in [3.8, 4) is 0 Å². The summed E-state index contributed by atoms with van der Waals surface area (Å²) in [5, 5.41) is 5.79. The first-order chi connectivity index (χ1) is 17.0. The summed E-state index contributed by atoms with van der Waals surface area (Å²) in [5.41, 5.74) is 5.60. The van der Waals surface area contributed by atoms with Crippen LogP contribution in [0.25, 0.3) is 10.9 Å². The monoisotopic (exact) mass is 473 g/mol. The molecule has 1 fully saturated rings. The average molecular weight is 474 g/mol. The Morgan fingerprint density at radius 3 is 2.54 bits per heavy atom. The third kappa shape index (κ3) is 5.49. The molecule has 1 N–H and O–H groups in total. The zero-order valence-electron chi connectivity index (χ0n) is 21.0. The van der Waals surface area contributed by atoms with Gasteiger partial charge in [-0.05, 0) is 81.4 Å². The van der Waals surface area contributed by atoms with Crippen LogP contribution in [-0.2, 0) is 26.6 Å². The second-order valence-corrected chi connectivity index (χ2v) is 10.2. The number of nitrogens with one attached hydrogen (secondary N) is 1. The summed E-state index contributed by atoms with van der Waals surface area (Å²) in [7, 11) is 4.16. The summed E-state index contributed by atoms with van der Waals surface area (Å²) in [4.78, 5) is 8.54. The number of hydrogen-bond acceptors (Lipinski definition) is 3. The number of aromatic nitrogens is 3. The molecule has 1 saturated heterocycles. The molecule has 0 saturated carbocycles. The predicted octanol–water partition coefficient (Wildman–Crippen LogP) is 5.30. The van der Waals surface area contributed by atoms with Gasteiger partial charge in [-0.3, -0.25) is 14.5 Å². The van der Waals surface area contributed by atoms with Crippen molar-refractivity contribution < 1.29 is 4.39 Å². The number of hydrogen-bond donors (Lipinski definition) is 1. The van der Waals surface area contributed by atoms with E-state index in [0.717, 1.165) is 56.7 Å². The molecule has 6 heteroatoms. The molecule has 2 aromatic carbocycles. The van der Waals surface area contributed by atoms with Crippen LogP contribution < -0.4 is 0 Å². The van der Waals surface area contributed by atoms with Crippen LogP contribution in [0.1, 0.15) is 35.4 Å². The van der Waals surface area contributed by atoms with E-state index in [2.05, 4.69) is 70.4 Å². The molecule has 184 valence electrons. The fraction of sp³-hybridized carbons (Fsp3) is 0.414. The minimum Gasteiger partial charge on any atom is -0.357 e. The van der Waals surface area contributed by atoms with Gasteiger partial charge >= 0.3 is 0 Å². The Labute approximate surface area is 207 Å². The van der Waals surface area contributed by atoms with Crippen LogP contribution in [0.2, 0.25) is 0 Å². The van der Waals surface area contributed by atoms with Crippen LogP contribution in [0, 0.1) is 18.7 Å². The Hall–Kier alpha value is -2.96. The van der Waals surface area contributed by atoms with Gasteiger partial charge in [0, 0.05) is 49.1 Å². The van der Waals surface area contributed by atoms with Gasteiger partial charge in [0.1, 0.15) is 5.82 Å². The highest BCUT2D eigenvalue weighted by Gasteiger charge is 2.30. The van der Waals surface area contributed by atoms with E-state index in [1.165, 1.54) is 22.2 Å². The summed E-state index contributed by atoms with van der Waals surface area (Å²) >= 11 is 0. The lowest BCUT2D eigenvalue weighted by Gasteiger charge is -2.40. The van der Waals surface area contributed by atoms with Crippen molar-refractivity contribution in [2.45, 2.75) is 45.3 Å². The lowest BCUT2D eigenvalue weighted by molar-refractivity contribution is 0.0944. The number of para-hydroxylation sites is 1. The Balaban J connectivity index is 1.28. The molecule has 1 aliphatic heterocycles. The molecule has 5 rings (SSSR count). The van der Waals surface area contributed by atoms with Crippen LogP contribution in [0.15, 0.2) is 60.8 Å². The fourth-order valence-electron chi connectivity index (χ4n) is 5.72. The molecule has 0 spiro atoms. The zero-order valence-corrected chi connectivity index (χ0v) is 21.0. The minimum atomic E-state index is -0.0975. The molecule has 0 unspecified atom stereocenters. The molecule has 2 aromatic heterocycles. The molecule has 3 heterocycles. The topological polar surface area (TPSA) is 40.1 Å². The van der Waals surface area contributed by atoms with Crippen molar-refractivity contribution in [2.75, 3.05) is 20.1 Å². The maximum Gasteiger partial charge on any atom is 0.126 e. The Morgan fingerprint density at radius 2 is 1.83 bits per heavy atom. The van der Waals surface area contributed by atoms with Crippen molar-refractivity contribution in [1.29, 1.82) is 0 Å². The number of halogens is 1. The van der Waals surface area contributed by atoms with Crippen LogP contribution in [0.5, 0.6) is 0 Å². The number of piperidine rings is 1. The normalized spacial score (nSPS) is 16.4. The quantitative estimate of drug-likeness (QED) is 0.377. The highest BCUT2D eigenvalue weighted by atomic mass is 19.1. The molecule has 1 aliphatic rings. The predicted molar refractivity (Wildman–Crippen MR) is 140 cm³/mol. The number of likely N-dealkylation sites (tertiary alicyclic amines) is 1. The van der Waals surface area contributed by atoms with E-state index in [9.17, 15) is 4.39 Å². The Morgan fingerprint density at radius 1 is 1.09 bits per heavy atom. The highest BCUT2D eigenvalue weighted by Crippen LogP contribution is 2.29. The van der Waals surface area contributed by atoms with Crippen molar-refractivity contribution in [3.63, 3.8) is 0 Å². The number of H-pyrrole nitrogens is 1. The maximum absolute atomic E-state index is 14.6. The van der Waals surface area contributed by atoms with E-state index in [1.807, 2.05) is 23.9 Å².